The highest BCUT2D eigenvalue weighted by atomic mass is 19.1. The predicted molar refractivity (Wildman–Crippen MR) is 101 cm³/mol. The van der Waals surface area contributed by atoms with Crippen LogP contribution in [0.1, 0.15) is 44.6 Å². The lowest BCUT2D eigenvalue weighted by atomic mass is 9.77. The summed E-state index contributed by atoms with van der Waals surface area (Å²) in [6.07, 6.45) is 3.44. The van der Waals surface area contributed by atoms with Crippen molar-refractivity contribution in [1.29, 1.82) is 0 Å². The second-order valence-electron chi connectivity index (χ2n) is 7.36. The standard InChI is InChI=1S/C23H26F2O/c1-2-23(26)20-9-7-19(8-10-20)22(25)15-16-3-5-17(6-4-16)18-11-13-21(24)14-12-18/h3-6,11-14,19-20,22H,2,7-10,15H2,1H3. The number of benzene rings is 2. The summed E-state index contributed by atoms with van der Waals surface area (Å²) < 4.78 is 27.7. The molecule has 1 aliphatic rings. The average molecular weight is 356 g/mol. The number of halogens is 2. The van der Waals surface area contributed by atoms with E-state index in [1.807, 2.05) is 31.2 Å². The molecule has 0 radical (unpaired) electrons. The fourth-order valence-electron chi connectivity index (χ4n) is 3.96. The lowest BCUT2D eigenvalue weighted by molar-refractivity contribution is -0.123. The summed E-state index contributed by atoms with van der Waals surface area (Å²) in [4.78, 5) is 11.8. The molecule has 0 amide bonds. The molecule has 1 unspecified atom stereocenters. The Morgan fingerprint density at radius 1 is 0.962 bits per heavy atom. The maximum absolute atomic E-state index is 14.7. The summed E-state index contributed by atoms with van der Waals surface area (Å²) in [6.45, 7) is 1.90. The molecule has 3 heteroatoms. The monoisotopic (exact) mass is 356 g/mol. The molecule has 3 rings (SSSR count). The van der Waals surface area contributed by atoms with Gasteiger partial charge in [-0.1, -0.05) is 43.3 Å². The van der Waals surface area contributed by atoms with E-state index in [1.54, 1.807) is 12.1 Å². The second-order valence-corrected chi connectivity index (χ2v) is 7.36. The molecule has 2 aromatic rings. The molecule has 1 fully saturated rings. The van der Waals surface area contributed by atoms with Crippen LogP contribution in [0.25, 0.3) is 11.1 Å². The van der Waals surface area contributed by atoms with Crippen LogP contribution in [0.15, 0.2) is 48.5 Å². The molecule has 1 aliphatic carbocycles. The van der Waals surface area contributed by atoms with Gasteiger partial charge in [0.25, 0.3) is 0 Å². The first kappa shape index (κ1) is 18.8. The lowest BCUT2D eigenvalue weighted by Gasteiger charge is -2.29. The van der Waals surface area contributed by atoms with Crippen LogP contribution in [0.4, 0.5) is 8.78 Å². The van der Waals surface area contributed by atoms with Crippen LogP contribution in [0.2, 0.25) is 0 Å². The molecule has 0 bridgehead atoms. The van der Waals surface area contributed by atoms with Crippen molar-refractivity contribution in [2.45, 2.75) is 51.6 Å². The summed E-state index contributed by atoms with van der Waals surface area (Å²) in [5, 5.41) is 0. The molecule has 0 aliphatic heterocycles. The van der Waals surface area contributed by atoms with Gasteiger partial charge in [0.05, 0.1) is 0 Å². The summed E-state index contributed by atoms with van der Waals surface area (Å²) >= 11 is 0. The first-order chi connectivity index (χ1) is 12.6. The molecule has 1 saturated carbocycles. The van der Waals surface area contributed by atoms with E-state index in [0.29, 0.717) is 18.6 Å². The molecule has 138 valence electrons. The number of Topliss-reactive ketones (excluding diaryl/α,β-unsaturated/α-hetero) is 1. The van der Waals surface area contributed by atoms with Gasteiger partial charge in [-0.3, -0.25) is 4.79 Å². The van der Waals surface area contributed by atoms with Crippen molar-refractivity contribution < 1.29 is 13.6 Å². The fourth-order valence-corrected chi connectivity index (χ4v) is 3.96. The molecule has 26 heavy (non-hydrogen) atoms. The van der Waals surface area contributed by atoms with Crippen molar-refractivity contribution in [2.75, 3.05) is 0 Å². The van der Waals surface area contributed by atoms with E-state index in [9.17, 15) is 13.6 Å². The highest BCUT2D eigenvalue weighted by molar-refractivity contribution is 5.80. The quantitative estimate of drug-likeness (QED) is 0.606. The van der Waals surface area contributed by atoms with Crippen LogP contribution < -0.4 is 0 Å². The maximum Gasteiger partial charge on any atom is 0.135 e. The van der Waals surface area contributed by atoms with Crippen molar-refractivity contribution >= 4 is 5.78 Å². The molecule has 1 atom stereocenters. The number of carbonyl (C=O) groups is 1. The molecule has 0 saturated heterocycles. The van der Waals surface area contributed by atoms with Gasteiger partial charge in [-0.2, -0.15) is 0 Å². The van der Waals surface area contributed by atoms with Gasteiger partial charge in [0, 0.05) is 18.8 Å². The Morgan fingerprint density at radius 2 is 1.50 bits per heavy atom. The van der Waals surface area contributed by atoms with E-state index in [1.165, 1.54) is 12.1 Å². The molecule has 0 spiro atoms. The number of alkyl halides is 1. The third-order valence-corrected chi connectivity index (χ3v) is 5.65. The highest BCUT2D eigenvalue weighted by Crippen LogP contribution is 2.34. The Balaban J connectivity index is 1.56. The number of hydrogen-bond donors (Lipinski definition) is 0. The Morgan fingerprint density at radius 3 is 2.04 bits per heavy atom. The minimum atomic E-state index is -0.857. The third-order valence-electron chi connectivity index (χ3n) is 5.65. The number of carbonyl (C=O) groups excluding carboxylic acids is 1. The van der Waals surface area contributed by atoms with Crippen molar-refractivity contribution in [3.8, 4) is 11.1 Å². The van der Waals surface area contributed by atoms with Crippen LogP contribution in [0, 0.1) is 17.7 Å². The number of ketones is 1. The highest BCUT2D eigenvalue weighted by Gasteiger charge is 2.30. The van der Waals surface area contributed by atoms with E-state index >= 15 is 0 Å². The van der Waals surface area contributed by atoms with Gasteiger partial charge in [0.15, 0.2) is 0 Å². The van der Waals surface area contributed by atoms with Gasteiger partial charge in [0.2, 0.25) is 0 Å². The molecule has 1 nitrogen and oxygen atoms in total. The fraction of sp³-hybridized carbons (Fsp3) is 0.435. The number of hydrogen-bond acceptors (Lipinski definition) is 1. The Kier molecular flexibility index (Phi) is 6.18. The Bertz CT molecular complexity index is 713. The average Bonchev–Trinajstić information content (AvgIpc) is 2.69. The molecular formula is C23H26F2O. The maximum atomic E-state index is 14.7. The van der Waals surface area contributed by atoms with Crippen molar-refractivity contribution in [2.24, 2.45) is 11.8 Å². The van der Waals surface area contributed by atoms with Crippen molar-refractivity contribution in [3.63, 3.8) is 0 Å². The molecule has 2 aromatic carbocycles. The van der Waals surface area contributed by atoms with Crippen molar-refractivity contribution in [1.82, 2.24) is 0 Å². The zero-order valence-corrected chi connectivity index (χ0v) is 15.3. The largest absolute Gasteiger partial charge is 0.299 e. The zero-order valence-electron chi connectivity index (χ0n) is 15.3. The lowest BCUT2D eigenvalue weighted by Crippen LogP contribution is -2.27. The van der Waals surface area contributed by atoms with Gasteiger partial charge >= 0.3 is 0 Å². The number of rotatable bonds is 6. The van der Waals surface area contributed by atoms with Gasteiger partial charge in [-0.25, -0.2) is 8.78 Å². The molecule has 0 heterocycles. The molecule has 0 N–H and O–H groups in total. The van der Waals surface area contributed by atoms with Crippen LogP contribution in [0.3, 0.4) is 0 Å². The third kappa shape index (κ3) is 4.57. The van der Waals surface area contributed by atoms with Gasteiger partial charge in [-0.05, 0) is 60.4 Å². The van der Waals surface area contributed by atoms with Crippen LogP contribution in [-0.4, -0.2) is 12.0 Å². The molecule has 0 aromatic heterocycles. The van der Waals surface area contributed by atoms with Crippen LogP contribution in [-0.2, 0) is 11.2 Å². The van der Waals surface area contributed by atoms with Crippen molar-refractivity contribution in [3.05, 3.63) is 59.9 Å². The minimum Gasteiger partial charge on any atom is -0.299 e. The van der Waals surface area contributed by atoms with Gasteiger partial charge in [-0.15, -0.1) is 0 Å². The Hall–Kier alpha value is -2.03. The summed E-state index contributed by atoms with van der Waals surface area (Å²) in [7, 11) is 0. The van der Waals surface area contributed by atoms with Crippen LogP contribution in [0.5, 0.6) is 0 Å². The SMILES string of the molecule is CCC(=O)C1CCC(C(F)Cc2ccc(-c3ccc(F)cc3)cc2)CC1. The summed E-state index contributed by atoms with van der Waals surface area (Å²) in [5.41, 5.74) is 2.94. The van der Waals surface area contributed by atoms with E-state index < -0.39 is 6.17 Å². The first-order valence-electron chi connectivity index (χ1n) is 9.58. The van der Waals surface area contributed by atoms with E-state index in [-0.39, 0.29) is 17.7 Å². The predicted octanol–water partition coefficient (Wildman–Crippen LogP) is 6.16. The normalized spacial score (nSPS) is 21.3. The van der Waals surface area contributed by atoms with E-state index in [2.05, 4.69) is 0 Å². The van der Waals surface area contributed by atoms with E-state index in [4.69, 9.17) is 0 Å². The smallest absolute Gasteiger partial charge is 0.135 e. The first-order valence-corrected chi connectivity index (χ1v) is 9.58. The summed E-state index contributed by atoms with van der Waals surface area (Å²) in [6, 6.07) is 14.2. The zero-order chi connectivity index (χ0) is 18.5. The summed E-state index contributed by atoms with van der Waals surface area (Å²) in [5.74, 6) is 0.294. The van der Waals surface area contributed by atoms with Gasteiger partial charge in [0.1, 0.15) is 17.8 Å². The van der Waals surface area contributed by atoms with E-state index in [0.717, 1.165) is 42.4 Å². The second kappa shape index (κ2) is 8.57. The topological polar surface area (TPSA) is 17.1 Å². The Labute approximate surface area is 154 Å². The minimum absolute atomic E-state index is 0.0627. The molecular weight excluding hydrogens is 330 g/mol. The van der Waals surface area contributed by atoms with Crippen LogP contribution >= 0.6 is 0 Å². The van der Waals surface area contributed by atoms with Gasteiger partial charge < -0.3 is 0 Å².